The molecule has 0 radical (unpaired) electrons. The SMILES string of the molecule is C/C(=N\Nc1nc2c(c(=O)[nH]c(=O)n2C)n1C[C@H](O)CO)c1ccc([N+](=O)[O-])cc1. The molecule has 3 aromatic rings. The van der Waals surface area contributed by atoms with Crippen molar-refractivity contribution >= 4 is 28.5 Å². The van der Waals surface area contributed by atoms with Crippen molar-refractivity contribution in [3.8, 4) is 0 Å². The molecule has 3 rings (SSSR count). The number of hydrogen-bond acceptors (Lipinski definition) is 9. The summed E-state index contributed by atoms with van der Waals surface area (Å²) >= 11 is 0. The molecular weight excluding hydrogens is 398 g/mol. The minimum Gasteiger partial charge on any atom is -0.394 e. The van der Waals surface area contributed by atoms with Crippen molar-refractivity contribution < 1.29 is 15.1 Å². The average Bonchev–Trinajstić information content (AvgIpc) is 3.09. The van der Waals surface area contributed by atoms with Gasteiger partial charge in [-0.2, -0.15) is 10.1 Å². The minimum atomic E-state index is -1.18. The van der Waals surface area contributed by atoms with Crippen LogP contribution in [-0.2, 0) is 13.6 Å². The molecule has 2 heterocycles. The lowest BCUT2D eigenvalue weighted by Crippen LogP contribution is -2.30. The average molecular weight is 417 g/mol. The van der Waals surface area contributed by atoms with E-state index < -0.39 is 28.9 Å². The van der Waals surface area contributed by atoms with Gasteiger partial charge in [0, 0.05) is 19.2 Å². The molecule has 4 N–H and O–H groups in total. The van der Waals surface area contributed by atoms with Crippen LogP contribution in [0.4, 0.5) is 11.6 Å². The largest absolute Gasteiger partial charge is 0.394 e. The Labute approximate surface area is 168 Å². The number of nitrogens with one attached hydrogen (secondary N) is 2. The zero-order chi connectivity index (χ0) is 22.0. The number of hydrogen-bond donors (Lipinski definition) is 4. The van der Waals surface area contributed by atoms with Crippen molar-refractivity contribution in [3.05, 3.63) is 60.8 Å². The Balaban J connectivity index is 2.03. The molecule has 0 aliphatic carbocycles. The van der Waals surface area contributed by atoms with E-state index in [-0.39, 0.29) is 29.3 Å². The number of benzene rings is 1. The lowest BCUT2D eigenvalue weighted by Gasteiger charge is -2.12. The Morgan fingerprint density at radius 2 is 2.03 bits per heavy atom. The van der Waals surface area contributed by atoms with Crippen LogP contribution in [0.1, 0.15) is 12.5 Å². The summed E-state index contributed by atoms with van der Waals surface area (Å²) in [6.07, 6.45) is -1.18. The fraction of sp³-hybridized carbons (Fsp3) is 0.294. The number of aryl methyl sites for hydroxylation is 1. The highest BCUT2D eigenvalue weighted by Gasteiger charge is 2.19. The van der Waals surface area contributed by atoms with Gasteiger partial charge in [-0.1, -0.05) is 0 Å². The van der Waals surface area contributed by atoms with Crippen LogP contribution in [0.25, 0.3) is 11.2 Å². The van der Waals surface area contributed by atoms with E-state index in [1.165, 1.54) is 35.9 Å². The molecule has 0 fully saturated rings. The highest BCUT2D eigenvalue weighted by atomic mass is 16.6. The summed E-state index contributed by atoms with van der Waals surface area (Å²) in [5, 5.41) is 34.0. The molecule has 0 aliphatic heterocycles. The van der Waals surface area contributed by atoms with Crippen LogP contribution in [-0.4, -0.2) is 52.7 Å². The Morgan fingerprint density at radius 3 is 2.63 bits per heavy atom. The zero-order valence-electron chi connectivity index (χ0n) is 16.1. The Kier molecular flexibility index (Phi) is 5.75. The predicted molar refractivity (Wildman–Crippen MR) is 108 cm³/mol. The van der Waals surface area contributed by atoms with E-state index in [4.69, 9.17) is 0 Å². The van der Waals surface area contributed by atoms with Crippen molar-refractivity contribution in [1.29, 1.82) is 0 Å². The first-order chi connectivity index (χ1) is 14.2. The Bertz CT molecular complexity index is 1240. The van der Waals surface area contributed by atoms with E-state index >= 15 is 0 Å². The second-order valence-electron chi connectivity index (χ2n) is 6.49. The number of nitrogens with zero attached hydrogens (tertiary/aromatic N) is 5. The van der Waals surface area contributed by atoms with Gasteiger partial charge in [-0.15, -0.1) is 0 Å². The van der Waals surface area contributed by atoms with Gasteiger partial charge in [-0.25, -0.2) is 10.2 Å². The maximum absolute atomic E-state index is 12.3. The highest BCUT2D eigenvalue weighted by molar-refractivity contribution is 5.99. The molecule has 30 heavy (non-hydrogen) atoms. The van der Waals surface area contributed by atoms with Gasteiger partial charge in [0.05, 0.1) is 29.9 Å². The summed E-state index contributed by atoms with van der Waals surface area (Å²) in [6, 6.07) is 5.75. The zero-order valence-corrected chi connectivity index (χ0v) is 16.1. The molecular formula is C17H19N7O6. The minimum absolute atomic E-state index is 0.0234. The van der Waals surface area contributed by atoms with E-state index in [1.807, 2.05) is 0 Å². The van der Waals surface area contributed by atoms with Crippen molar-refractivity contribution in [2.45, 2.75) is 19.6 Å². The summed E-state index contributed by atoms with van der Waals surface area (Å²) < 4.78 is 2.44. The van der Waals surface area contributed by atoms with Crippen LogP contribution in [0.5, 0.6) is 0 Å². The standard InChI is InChI=1S/C17H19N7O6/c1-9(10-3-5-11(6-4-10)24(29)30)20-21-16-18-14-13(23(16)7-12(26)8-25)15(27)19-17(28)22(14)2/h3-6,12,25-26H,7-8H2,1-2H3,(H,18,21)(H,19,27,28)/b20-9+/t12-/m0/s1. The quantitative estimate of drug-likeness (QED) is 0.226. The summed E-state index contributed by atoms with van der Waals surface area (Å²) in [4.78, 5) is 40.8. The Morgan fingerprint density at radius 1 is 1.37 bits per heavy atom. The van der Waals surface area contributed by atoms with Crippen LogP contribution in [0.3, 0.4) is 0 Å². The molecule has 0 spiro atoms. The van der Waals surface area contributed by atoms with Crippen LogP contribution in [0.15, 0.2) is 39.0 Å². The molecule has 0 bridgehead atoms. The molecule has 0 unspecified atom stereocenters. The molecule has 0 saturated heterocycles. The third-order valence-electron chi connectivity index (χ3n) is 4.43. The van der Waals surface area contributed by atoms with E-state index in [1.54, 1.807) is 6.92 Å². The fourth-order valence-electron chi connectivity index (χ4n) is 2.79. The van der Waals surface area contributed by atoms with Gasteiger partial charge in [0.25, 0.3) is 11.2 Å². The van der Waals surface area contributed by atoms with Crippen molar-refractivity contribution in [2.24, 2.45) is 12.1 Å². The van der Waals surface area contributed by atoms with Crippen molar-refractivity contribution in [3.63, 3.8) is 0 Å². The lowest BCUT2D eigenvalue weighted by atomic mass is 10.1. The second kappa shape index (κ2) is 8.26. The third kappa shape index (κ3) is 3.97. The number of aliphatic hydroxyl groups is 2. The highest BCUT2D eigenvalue weighted by Crippen LogP contribution is 2.17. The summed E-state index contributed by atoms with van der Waals surface area (Å²) in [5.41, 5.74) is 2.44. The normalized spacial score (nSPS) is 12.9. The van der Waals surface area contributed by atoms with E-state index in [0.29, 0.717) is 11.3 Å². The van der Waals surface area contributed by atoms with Gasteiger partial charge >= 0.3 is 5.69 Å². The van der Waals surface area contributed by atoms with Crippen LogP contribution >= 0.6 is 0 Å². The number of nitro benzene ring substituents is 1. The fourth-order valence-corrected chi connectivity index (χ4v) is 2.79. The monoisotopic (exact) mass is 417 g/mol. The number of anilines is 1. The van der Waals surface area contributed by atoms with Gasteiger partial charge in [0.1, 0.15) is 0 Å². The second-order valence-corrected chi connectivity index (χ2v) is 6.49. The topological polar surface area (TPSA) is 181 Å². The van der Waals surface area contributed by atoms with Crippen LogP contribution < -0.4 is 16.7 Å². The van der Waals surface area contributed by atoms with Gasteiger partial charge in [0.2, 0.25) is 5.95 Å². The summed E-state index contributed by atoms with van der Waals surface area (Å²) in [7, 11) is 1.43. The predicted octanol–water partition coefficient (Wildman–Crippen LogP) is -0.479. The number of non-ortho nitro benzene ring substituents is 1. The van der Waals surface area contributed by atoms with E-state index in [0.717, 1.165) is 4.57 Å². The molecule has 0 amide bonds. The third-order valence-corrected chi connectivity index (χ3v) is 4.43. The van der Waals surface area contributed by atoms with Gasteiger partial charge in [-0.05, 0) is 24.6 Å². The Hall–Kier alpha value is -3.84. The molecule has 0 aliphatic rings. The lowest BCUT2D eigenvalue weighted by molar-refractivity contribution is -0.384. The number of hydrazone groups is 1. The molecule has 1 aromatic carbocycles. The molecule has 0 saturated carbocycles. The number of fused-ring (bicyclic) bond motifs is 1. The number of aromatic amines is 1. The maximum atomic E-state index is 12.3. The first kappa shape index (κ1) is 20.9. The molecule has 2 aromatic heterocycles. The molecule has 158 valence electrons. The van der Waals surface area contributed by atoms with E-state index in [2.05, 4.69) is 20.5 Å². The first-order valence-corrected chi connectivity index (χ1v) is 8.76. The van der Waals surface area contributed by atoms with Crippen molar-refractivity contribution in [1.82, 2.24) is 19.1 Å². The number of rotatable bonds is 7. The number of aliphatic hydroxyl groups excluding tert-OH is 2. The smallest absolute Gasteiger partial charge is 0.329 e. The van der Waals surface area contributed by atoms with Gasteiger partial charge in [-0.3, -0.25) is 24.5 Å². The molecule has 13 nitrogen and oxygen atoms in total. The number of aromatic nitrogens is 4. The molecule has 1 atom stereocenters. The summed E-state index contributed by atoms with van der Waals surface area (Å²) in [5.74, 6) is 0.0606. The van der Waals surface area contributed by atoms with Crippen LogP contribution in [0.2, 0.25) is 0 Å². The number of nitro groups is 1. The molecule has 13 heteroatoms. The number of H-pyrrole nitrogens is 1. The van der Waals surface area contributed by atoms with Crippen molar-refractivity contribution in [2.75, 3.05) is 12.0 Å². The van der Waals surface area contributed by atoms with Crippen LogP contribution in [0, 0.1) is 10.1 Å². The van der Waals surface area contributed by atoms with E-state index in [9.17, 15) is 29.9 Å². The van der Waals surface area contributed by atoms with Gasteiger partial charge < -0.3 is 14.8 Å². The number of imidazole rings is 1. The summed E-state index contributed by atoms with van der Waals surface area (Å²) in [6.45, 7) is 0.933. The first-order valence-electron chi connectivity index (χ1n) is 8.76. The maximum Gasteiger partial charge on any atom is 0.329 e. The van der Waals surface area contributed by atoms with Gasteiger partial charge in [0.15, 0.2) is 11.2 Å².